The molecule has 24 heavy (non-hydrogen) atoms. The molecule has 0 spiro atoms. The van der Waals surface area contributed by atoms with Gasteiger partial charge < -0.3 is 15.4 Å². The van der Waals surface area contributed by atoms with Gasteiger partial charge in [0, 0.05) is 44.5 Å². The highest BCUT2D eigenvalue weighted by Crippen LogP contribution is 2.33. The fraction of sp³-hybridized carbons (Fsp3) is 0.941. The van der Waals surface area contributed by atoms with Gasteiger partial charge in [0.15, 0.2) is 5.96 Å². The Morgan fingerprint density at radius 1 is 1.21 bits per heavy atom. The number of thioether (sulfide) groups is 1. The molecule has 0 aromatic rings. The van der Waals surface area contributed by atoms with Gasteiger partial charge >= 0.3 is 0 Å². The van der Waals surface area contributed by atoms with Crippen LogP contribution < -0.4 is 10.6 Å². The molecular formula is C17H35IN4OS. The zero-order chi connectivity index (χ0) is 16.4. The molecule has 0 aromatic carbocycles. The highest BCUT2D eigenvalue weighted by molar-refractivity contribution is 14.0. The molecule has 2 aliphatic heterocycles. The van der Waals surface area contributed by atoms with Gasteiger partial charge in [0.25, 0.3) is 0 Å². The molecule has 0 bridgehead atoms. The van der Waals surface area contributed by atoms with E-state index >= 15 is 0 Å². The van der Waals surface area contributed by atoms with Crippen LogP contribution in [0.15, 0.2) is 4.99 Å². The van der Waals surface area contributed by atoms with Crippen LogP contribution in [0, 0.1) is 0 Å². The lowest BCUT2D eigenvalue weighted by Gasteiger charge is -2.43. The van der Waals surface area contributed by atoms with Crippen molar-refractivity contribution in [2.24, 2.45) is 4.99 Å². The van der Waals surface area contributed by atoms with Crippen LogP contribution in [0.3, 0.4) is 0 Å². The molecule has 0 radical (unpaired) electrons. The molecule has 2 N–H and O–H groups in total. The number of ether oxygens (including phenoxy) is 1. The number of nitrogens with one attached hydrogen (secondary N) is 2. The number of hydrogen-bond donors (Lipinski definition) is 2. The zero-order valence-electron chi connectivity index (χ0n) is 15.3. The van der Waals surface area contributed by atoms with E-state index in [1.165, 1.54) is 43.6 Å². The molecule has 2 rings (SSSR count). The van der Waals surface area contributed by atoms with Crippen LogP contribution in [0.1, 0.15) is 39.0 Å². The highest BCUT2D eigenvalue weighted by atomic mass is 127. The fourth-order valence-electron chi connectivity index (χ4n) is 3.36. The van der Waals surface area contributed by atoms with Gasteiger partial charge in [0.2, 0.25) is 0 Å². The van der Waals surface area contributed by atoms with Crippen LogP contribution in [-0.4, -0.2) is 74.3 Å². The maximum atomic E-state index is 5.53. The predicted octanol–water partition coefficient (Wildman–Crippen LogP) is 2.56. The topological polar surface area (TPSA) is 48.9 Å². The molecule has 0 amide bonds. The van der Waals surface area contributed by atoms with E-state index in [9.17, 15) is 0 Å². The Morgan fingerprint density at radius 2 is 2.00 bits per heavy atom. The van der Waals surface area contributed by atoms with E-state index in [1.807, 2.05) is 7.05 Å². The van der Waals surface area contributed by atoms with E-state index in [1.54, 1.807) is 0 Å². The van der Waals surface area contributed by atoms with E-state index in [0.29, 0.717) is 0 Å². The second-order valence-corrected chi connectivity index (χ2v) is 7.64. The van der Waals surface area contributed by atoms with Gasteiger partial charge in [-0.25, -0.2) is 0 Å². The minimum atomic E-state index is 0. The van der Waals surface area contributed by atoms with Gasteiger partial charge in [-0.3, -0.25) is 9.89 Å². The van der Waals surface area contributed by atoms with Crippen LogP contribution in [0.5, 0.6) is 0 Å². The first-order valence-corrected chi connectivity index (χ1v) is 10.3. The third-order valence-electron chi connectivity index (χ3n) is 4.90. The van der Waals surface area contributed by atoms with E-state index in [-0.39, 0.29) is 29.5 Å². The first kappa shape index (κ1) is 22.3. The lowest BCUT2D eigenvalue weighted by atomic mass is 9.95. The highest BCUT2D eigenvalue weighted by Gasteiger charge is 2.40. The average molecular weight is 470 g/mol. The van der Waals surface area contributed by atoms with Gasteiger partial charge in [-0.2, -0.15) is 11.8 Å². The summed E-state index contributed by atoms with van der Waals surface area (Å²) >= 11 is 2.08. The van der Waals surface area contributed by atoms with Crippen LogP contribution in [0.2, 0.25) is 0 Å². The molecule has 0 aromatic heterocycles. The van der Waals surface area contributed by atoms with Crippen molar-refractivity contribution in [3.05, 3.63) is 0 Å². The summed E-state index contributed by atoms with van der Waals surface area (Å²) in [6.07, 6.45) is 6.39. The molecule has 7 heteroatoms. The van der Waals surface area contributed by atoms with Crippen molar-refractivity contribution in [1.29, 1.82) is 0 Å². The van der Waals surface area contributed by atoms with Crippen molar-refractivity contribution in [3.63, 3.8) is 0 Å². The lowest BCUT2D eigenvalue weighted by Crippen LogP contribution is -2.60. The molecule has 1 unspecified atom stereocenters. The molecule has 2 heterocycles. The minimum absolute atomic E-state index is 0. The Labute approximate surface area is 169 Å². The van der Waals surface area contributed by atoms with Crippen LogP contribution in [0.4, 0.5) is 0 Å². The quantitative estimate of drug-likeness (QED) is 0.247. The van der Waals surface area contributed by atoms with Crippen molar-refractivity contribution < 1.29 is 4.74 Å². The Kier molecular flexibility index (Phi) is 11.7. The number of unbranched alkanes of at least 4 members (excludes halogenated alkanes) is 3. The maximum absolute atomic E-state index is 5.53. The van der Waals surface area contributed by atoms with Crippen molar-refractivity contribution in [3.8, 4) is 0 Å². The Bertz CT molecular complexity index is 358. The summed E-state index contributed by atoms with van der Waals surface area (Å²) in [4.78, 5) is 7.02. The Hall–Kier alpha value is 0.270. The van der Waals surface area contributed by atoms with Gasteiger partial charge in [-0.1, -0.05) is 26.2 Å². The second-order valence-electron chi connectivity index (χ2n) is 6.54. The number of hydrogen-bond acceptors (Lipinski definition) is 4. The summed E-state index contributed by atoms with van der Waals surface area (Å²) < 4.78 is 5.53. The minimum Gasteiger partial charge on any atom is -0.379 e. The first-order chi connectivity index (χ1) is 11.3. The second kappa shape index (κ2) is 12.6. The molecule has 2 saturated heterocycles. The monoisotopic (exact) mass is 470 g/mol. The number of rotatable bonds is 8. The van der Waals surface area contributed by atoms with Gasteiger partial charge in [0.1, 0.15) is 0 Å². The normalized spacial score (nSPS) is 25.3. The smallest absolute Gasteiger partial charge is 0.191 e. The largest absolute Gasteiger partial charge is 0.379 e. The standard InChI is InChI=1S/C17H34N4OS.HI/c1-3-4-5-6-8-19-16(18-2)20-14-17(7-13-23-15-17)21-9-11-22-12-10-21;/h3-15H2,1-2H3,(H2,18,19,20);1H. The zero-order valence-corrected chi connectivity index (χ0v) is 18.5. The molecule has 2 fully saturated rings. The predicted molar refractivity (Wildman–Crippen MR) is 116 cm³/mol. The van der Waals surface area contributed by atoms with E-state index in [4.69, 9.17) is 4.74 Å². The number of guanidine groups is 1. The van der Waals surface area contributed by atoms with E-state index in [2.05, 4.69) is 39.2 Å². The summed E-state index contributed by atoms with van der Waals surface area (Å²) in [7, 11) is 1.87. The average Bonchev–Trinajstić information content (AvgIpc) is 3.08. The summed E-state index contributed by atoms with van der Waals surface area (Å²) in [5.74, 6) is 3.43. The van der Waals surface area contributed by atoms with Crippen molar-refractivity contribution in [1.82, 2.24) is 15.5 Å². The Balaban J connectivity index is 0.00000288. The third-order valence-corrected chi connectivity index (χ3v) is 6.13. The van der Waals surface area contributed by atoms with Crippen molar-refractivity contribution in [2.45, 2.75) is 44.6 Å². The third kappa shape index (κ3) is 6.88. The van der Waals surface area contributed by atoms with Gasteiger partial charge in [-0.05, 0) is 18.6 Å². The van der Waals surface area contributed by atoms with Crippen molar-refractivity contribution in [2.75, 3.05) is 57.9 Å². The summed E-state index contributed by atoms with van der Waals surface area (Å²) in [6.45, 7) is 8.11. The molecule has 0 aliphatic carbocycles. The SMILES string of the molecule is CCCCCCNC(=NC)NCC1(N2CCOCC2)CCSC1.I. The van der Waals surface area contributed by atoms with Crippen LogP contribution in [0.25, 0.3) is 0 Å². The molecule has 0 saturated carbocycles. The maximum Gasteiger partial charge on any atom is 0.191 e. The number of halogens is 1. The number of morpholine rings is 1. The summed E-state index contributed by atoms with van der Waals surface area (Å²) in [5, 5.41) is 7.04. The number of nitrogens with zero attached hydrogens (tertiary/aromatic N) is 2. The lowest BCUT2D eigenvalue weighted by molar-refractivity contribution is -0.0120. The molecular weight excluding hydrogens is 435 g/mol. The Morgan fingerprint density at radius 3 is 2.62 bits per heavy atom. The summed E-state index contributed by atoms with van der Waals surface area (Å²) in [5.41, 5.74) is 0.272. The molecule has 142 valence electrons. The molecule has 2 aliphatic rings. The van der Waals surface area contributed by atoms with Gasteiger partial charge in [-0.15, -0.1) is 24.0 Å². The molecule has 5 nitrogen and oxygen atoms in total. The van der Waals surface area contributed by atoms with Crippen LogP contribution in [-0.2, 0) is 4.74 Å². The number of aliphatic imine (C=N–C) groups is 1. The van der Waals surface area contributed by atoms with E-state index < -0.39 is 0 Å². The van der Waals surface area contributed by atoms with Crippen LogP contribution >= 0.6 is 35.7 Å². The van der Waals surface area contributed by atoms with Crippen molar-refractivity contribution >= 4 is 41.7 Å². The molecule has 1 atom stereocenters. The first-order valence-electron chi connectivity index (χ1n) is 9.16. The van der Waals surface area contributed by atoms with E-state index in [0.717, 1.165) is 45.4 Å². The fourth-order valence-corrected chi connectivity index (χ4v) is 4.84. The summed E-state index contributed by atoms with van der Waals surface area (Å²) in [6, 6.07) is 0. The van der Waals surface area contributed by atoms with Gasteiger partial charge in [0.05, 0.1) is 13.2 Å².